The van der Waals surface area contributed by atoms with Crippen molar-refractivity contribution in [3.05, 3.63) is 40.6 Å². The molecule has 0 aliphatic carbocycles. The van der Waals surface area contributed by atoms with Gasteiger partial charge in [0.05, 0.1) is 4.92 Å². The number of rotatable bonds is 7. The first-order valence-corrected chi connectivity index (χ1v) is 7.53. The van der Waals surface area contributed by atoms with E-state index in [2.05, 4.69) is 5.32 Å². The predicted molar refractivity (Wildman–Crippen MR) is 87.6 cm³/mol. The van der Waals surface area contributed by atoms with Crippen molar-refractivity contribution < 1.29 is 19.6 Å². The number of nitro groups is 1. The molecule has 0 aliphatic rings. The molecule has 0 saturated heterocycles. The smallest absolute Gasteiger partial charge is 0.326 e. The minimum Gasteiger partial charge on any atom is -0.480 e. The lowest BCUT2D eigenvalue weighted by molar-refractivity contribution is -0.384. The number of carbonyl (C=O) groups excluding carboxylic acids is 1. The van der Waals surface area contributed by atoms with Gasteiger partial charge in [-0.25, -0.2) is 4.79 Å². The van der Waals surface area contributed by atoms with Crippen molar-refractivity contribution in [1.29, 1.82) is 0 Å². The molecule has 2 aromatic rings. The van der Waals surface area contributed by atoms with Crippen LogP contribution >= 0.6 is 0 Å². The van der Waals surface area contributed by atoms with Gasteiger partial charge >= 0.3 is 5.97 Å². The van der Waals surface area contributed by atoms with Gasteiger partial charge in [-0.15, -0.1) is 0 Å². The molecule has 2 rings (SSSR count). The number of hydrogen-bond donors (Lipinski definition) is 2. The van der Waals surface area contributed by atoms with Crippen LogP contribution in [0.25, 0.3) is 10.9 Å². The number of benzene rings is 1. The Morgan fingerprint density at radius 3 is 2.62 bits per heavy atom. The number of aliphatic carboxylic acids is 1. The van der Waals surface area contributed by atoms with Gasteiger partial charge in [0, 0.05) is 29.2 Å². The number of nitro benzene ring substituents is 1. The van der Waals surface area contributed by atoms with Crippen molar-refractivity contribution in [1.82, 2.24) is 9.88 Å². The molecule has 1 aromatic carbocycles. The van der Waals surface area contributed by atoms with Gasteiger partial charge in [0.15, 0.2) is 0 Å². The quantitative estimate of drug-likeness (QED) is 0.595. The summed E-state index contributed by atoms with van der Waals surface area (Å²) in [5.74, 6) is -1.34. The fourth-order valence-corrected chi connectivity index (χ4v) is 2.53. The average molecular weight is 333 g/mol. The second-order valence-corrected chi connectivity index (χ2v) is 6.03. The molecule has 0 radical (unpaired) electrons. The molecule has 0 spiro atoms. The fourth-order valence-electron chi connectivity index (χ4n) is 2.53. The van der Waals surface area contributed by atoms with Crippen molar-refractivity contribution in [3.63, 3.8) is 0 Å². The minimum atomic E-state index is -1.06. The number of nitrogens with one attached hydrogen (secondary N) is 1. The number of fused-ring (bicyclic) bond motifs is 1. The zero-order chi connectivity index (χ0) is 17.9. The number of non-ortho nitro benzene ring substituents is 1. The largest absolute Gasteiger partial charge is 0.480 e. The number of hydrogen-bond acceptors (Lipinski definition) is 4. The van der Waals surface area contributed by atoms with E-state index in [-0.39, 0.29) is 18.2 Å². The summed E-state index contributed by atoms with van der Waals surface area (Å²) in [6.45, 7) is 3.71. The van der Waals surface area contributed by atoms with Crippen LogP contribution in [0.1, 0.15) is 20.3 Å². The zero-order valence-electron chi connectivity index (χ0n) is 13.4. The highest BCUT2D eigenvalue weighted by Gasteiger charge is 2.21. The summed E-state index contributed by atoms with van der Waals surface area (Å²) in [5.41, 5.74) is 0.652. The van der Waals surface area contributed by atoms with Crippen LogP contribution in [0.2, 0.25) is 0 Å². The summed E-state index contributed by atoms with van der Waals surface area (Å²) < 4.78 is 1.63. The highest BCUT2D eigenvalue weighted by Crippen LogP contribution is 2.21. The maximum atomic E-state index is 12.1. The van der Waals surface area contributed by atoms with Gasteiger partial charge in [-0.1, -0.05) is 13.8 Å². The normalized spacial score (nSPS) is 12.3. The summed E-state index contributed by atoms with van der Waals surface area (Å²) in [7, 11) is 0. The van der Waals surface area contributed by atoms with E-state index in [4.69, 9.17) is 5.11 Å². The third-order valence-corrected chi connectivity index (χ3v) is 3.62. The number of carboxylic acids is 1. The van der Waals surface area contributed by atoms with Gasteiger partial charge in [-0.2, -0.15) is 0 Å². The summed E-state index contributed by atoms with van der Waals surface area (Å²) in [5, 5.41) is 23.1. The number of aromatic nitrogens is 1. The fraction of sp³-hybridized carbons (Fsp3) is 0.375. The molecule has 1 aromatic heterocycles. The van der Waals surface area contributed by atoms with Crippen LogP contribution in [0, 0.1) is 16.0 Å². The van der Waals surface area contributed by atoms with Crippen molar-refractivity contribution in [2.45, 2.75) is 32.9 Å². The van der Waals surface area contributed by atoms with Gasteiger partial charge in [-0.3, -0.25) is 14.9 Å². The molecule has 0 fully saturated rings. The molecular weight excluding hydrogens is 314 g/mol. The lowest BCUT2D eigenvalue weighted by Gasteiger charge is -2.16. The minimum absolute atomic E-state index is 0.0208. The Kier molecular flexibility index (Phi) is 5.18. The van der Waals surface area contributed by atoms with E-state index in [0.717, 1.165) is 0 Å². The Balaban J connectivity index is 2.12. The van der Waals surface area contributed by atoms with Gasteiger partial charge in [-0.05, 0) is 24.5 Å². The van der Waals surface area contributed by atoms with Crippen LogP contribution in [0.4, 0.5) is 5.69 Å². The molecule has 0 aliphatic heterocycles. The first kappa shape index (κ1) is 17.5. The molecule has 1 unspecified atom stereocenters. The van der Waals surface area contributed by atoms with Crippen LogP contribution < -0.4 is 5.32 Å². The Labute approximate surface area is 138 Å². The van der Waals surface area contributed by atoms with E-state index in [1.165, 1.54) is 12.1 Å². The molecule has 8 nitrogen and oxygen atoms in total. The zero-order valence-corrected chi connectivity index (χ0v) is 13.4. The van der Waals surface area contributed by atoms with E-state index in [1.807, 2.05) is 13.8 Å². The van der Waals surface area contributed by atoms with E-state index in [9.17, 15) is 19.7 Å². The second kappa shape index (κ2) is 7.12. The molecule has 2 N–H and O–H groups in total. The molecule has 1 atom stereocenters. The predicted octanol–water partition coefficient (Wildman–Crippen LogP) is 2.16. The molecule has 0 saturated carbocycles. The first-order valence-electron chi connectivity index (χ1n) is 7.53. The van der Waals surface area contributed by atoms with Crippen LogP contribution in [-0.4, -0.2) is 32.5 Å². The third kappa shape index (κ3) is 4.09. The Bertz CT molecular complexity index is 781. The summed E-state index contributed by atoms with van der Waals surface area (Å²) in [6.07, 6.45) is 1.99. The molecule has 128 valence electrons. The molecular formula is C16H19N3O5. The maximum absolute atomic E-state index is 12.1. The Hall–Kier alpha value is -2.90. The van der Waals surface area contributed by atoms with Crippen molar-refractivity contribution in [2.24, 2.45) is 5.92 Å². The molecule has 1 amide bonds. The van der Waals surface area contributed by atoms with Crippen molar-refractivity contribution >= 4 is 28.5 Å². The van der Waals surface area contributed by atoms with Gasteiger partial charge in [0.1, 0.15) is 12.6 Å². The summed E-state index contributed by atoms with van der Waals surface area (Å²) in [6, 6.07) is 5.13. The standard InChI is InChI=1S/C16H19N3O5/c1-10(2)7-13(16(21)22)17-15(20)9-18-6-5-11-8-12(19(23)24)3-4-14(11)18/h3-6,8,10,13H,7,9H2,1-2H3,(H,17,20)(H,21,22). The number of amides is 1. The van der Waals surface area contributed by atoms with Gasteiger partial charge in [0.25, 0.3) is 5.69 Å². The van der Waals surface area contributed by atoms with E-state index < -0.39 is 22.8 Å². The van der Waals surface area contributed by atoms with E-state index >= 15 is 0 Å². The van der Waals surface area contributed by atoms with Crippen LogP contribution in [0.5, 0.6) is 0 Å². The molecule has 1 heterocycles. The molecule has 0 bridgehead atoms. The second-order valence-electron chi connectivity index (χ2n) is 6.03. The lowest BCUT2D eigenvalue weighted by atomic mass is 10.0. The maximum Gasteiger partial charge on any atom is 0.326 e. The van der Waals surface area contributed by atoms with Crippen LogP contribution in [0.3, 0.4) is 0 Å². The Morgan fingerprint density at radius 1 is 1.33 bits per heavy atom. The van der Waals surface area contributed by atoms with Crippen LogP contribution in [0.15, 0.2) is 30.5 Å². The highest BCUT2D eigenvalue weighted by molar-refractivity contribution is 5.86. The van der Waals surface area contributed by atoms with Gasteiger partial charge in [0.2, 0.25) is 5.91 Å². The third-order valence-electron chi connectivity index (χ3n) is 3.62. The van der Waals surface area contributed by atoms with E-state index in [1.54, 1.807) is 22.9 Å². The molecule has 24 heavy (non-hydrogen) atoms. The summed E-state index contributed by atoms with van der Waals surface area (Å²) in [4.78, 5) is 33.6. The number of nitrogens with zero attached hydrogens (tertiary/aromatic N) is 2. The van der Waals surface area contributed by atoms with Crippen molar-refractivity contribution in [2.75, 3.05) is 0 Å². The van der Waals surface area contributed by atoms with Gasteiger partial charge < -0.3 is 15.0 Å². The lowest BCUT2D eigenvalue weighted by Crippen LogP contribution is -2.43. The SMILES string of the molecule is CC(C)CC(NC(=O)Cn1ccc2cc([N+](=O)[O-])ccc21)C(=O)O. The number of carbonyl (C=O) groups is 2. The highest BCUT2D eigenvalue weighted by atomic mass is 16.6. The Morgan fingerprint density at radius 2 is 2.04 bits per heavy atom. The summed E-state index contributed by atoms with van der Waals surface area (Å²) >= 11 is 0. The topological polar surface area (TPSA) is 114 Å². The monoisotopic (exact) mass is 333 g/mol. The van der Waals surface area contributed by atoms with E-state index in [0.29, 0.717) is 17.3 Å². The first-order chi connectivity index (χ1) is 11.3. The van der Waals surface area contributed by atoms with Crippen molar-refractivity contribution in [3.8, 4) is 0 Å². The average Bonchev–Trinajstić information content (AvgIpc) is 2.88. The number of carboxylic acid groups (broad SMARTS) is 1. The van der Waals surface area contributed by atoms with Crippen LogP contribution in [-0.2, 0) is 16.1 Å². The molecule has 8 heteroatoms.